The van der Waals surface area contributed by atoms with Gasteiger partial charge in [0.2, 0.25) is 10.9 Å². The smallest absolute Gasteiger partial charge is 0.371 e. The van der Waals surface area contributed by atoms with E-state index in [0.717, 1.165) is 23.5 Å². The topological polar surface area (TPSA) is 110 Å². The third-order valence-corrected chi connectivity index (χ3v) is 3.74. The molecule has 0 aliphatic carbocycles. The van der Waals surface area contributed by atoms with Crippen LogP contribution in [-0.2, 0) is 10.0 Å². The Labute approximate surface area is 99.8 Å². The van der Waals surface area contributed by atoms with Crippen LogP contribution in [0.3, 0.4) is 0 Å². The summed E-state index contributed by atoms with van der Waals surface area (Å²) < 4.78 is 30.3. The number of carbonyl (C=O) groups is 1. The number of furan rings is 1. The van der Waals surface area contributed by atoms with Gasteiger partial charge < -0.3 is 9.52 Å². The highest BCUT2D eigenvalue weighted by Crippen LogP contribution is 2.19. The first-order chi connectivity index (χ1) is 7.99. The fourth-order valence-corrected chi connectivity index (χ4v) is 2.74. The highest BCUT2D eigenvalue weighted by atomic mass is 32.2. The van der Waals surface area contributed by atoms with Crippen molar-refractivity contribution in [1.29, 1.82) is 0 Å². The first-order valence-corrected chi connectivity index (χ1v) is 6.61. The lowest BCUT2D eigenvalue weighted by Gasteiger charge is -2.00. The summed E-state index contributed by atoms with van der Waals surface area (Å²) >= 11 is 1.10. The molecule has 0 amide bonds. The average Bonchev–Trinajstić information content (AvgIpc) is 2.84. The van der Waals surface area contributed by atoms with E-state index in [1.807, 2.05) is 0 Å². The van der Waals surface area contributed by atoms with Crippen molar-refractivity contribution in [1.82, 2.24) is 4.98 Å². The SMILES string of the molecule is O=C(O)c1ccc(S(=O)(=O)Nc2nccs2)o1. The maximum absolute atomic E-state index is 11.7. The number of nitrogens with one attached hydrogen (secondary N) is 1. The van der Waals surface area contributed by atoms with E-state index in [9.17, 15) is 13.2 Å². The van der Waals surface area contributed by atoms with Crippen LogP contribution in [0.4, 0.5) is 5.13 Å². The normalized spacial score (nSPS) is 11.3. The molecular weight excluding hydrogens is 268 g/mol. The van der Waals surface area contributed by atoms with Crippen LogP contribution in [0.15, 0.2) is 33.2 Å². The van der Waals surface area contributed by atoms with Gasteiger partial charge in [-0.05, 0) is 12.1 Å². The number of carboxylic acids is 1. The highest BCUT2D eigenvalue weighted by Gasteiger charge is 2.21. The Morgan fingerprint density at radius 1 is 1.47 bits per heavy atom. The summed E-state index contributed by atoms with van der Waals surface area (Å²) in [6.07, 6.45) is 1.44. The lowest BCUT2D eigenvalue weighted by atomic mass is 10.5. The molecule has 17 heavy (non-hydrogen) atoms. The zero-order valence-corrected chi connectivity index (χ0v) is 9.79. The Morgan fingerprint density at radius 3 is 2.76 bits per heavy atom. The summed E-state index contributed by atoms with van der Waals surface area (Å²) in [6, 6.07) is 2.14. The van der Waals surface area contributed by atoms with Crippen LogP contribution in [0, 0.1) is 0 Å². The Bertz CT molecular complexity index is 629. The molecule has 2 aromatic rings. The van der Waals surface area contributed by atoms with Crippen LogP contribution in [0.5, 0.6) is 0 Å². The molecule has 9 heteroatoms. The van der Waals surface area contributed by atoms with Crippen molar-refractivity contribution in [2.75, 3.05) is 4.72 Å². The molecule has 0 bridgehead atoms. The molecule has 2 aromatic heterocycles. The summed E-state index contributed by atoms with van der Waals surface area (Å²) in [5.41, 5.74) is 0. The Morgan fingerprint density at radius 2 is 2.24 bits per heavy atom. The molecule has 90 valence electrons. The second kappa shape index (κ2) is 4.18. The van der Waals surface area contributed by atoms with Crippen molar-refractivity contribution in [2.45, 2.75) is 5.09 Å². The molecule has 0 aliphatic heterocycles. The van der Waals surface area contributed by atoms with Gasteiger partial charge in [0.25, 0.3) is 10.0 Å². The van der Waals surface area contributed by atoms with Gasteiger partial charge in [0.15, 0.2) is 5.13 Å². The van der Waals surface area contributed by atoms with Crippen LogP contribution in [0.1, 0.15) is 10.6 Å². The monoisotopic (exact) mass is 274 g/mol. The van der Waals surface area contributed by atoms with E-state index in [4.69, 9.17) is 5.11 Å². The lowest BCUT2D eigenvalue weighted by Crippen LogP contribution is -2.11. The van der Waals surface area contributed by atoms with Crippen molar-refractivity contribution in [3.05, 3.63) is 29.5 Å². The Hall–Kier alpha value is -1.87. The molecule has 0 saturated carbocycles. The molecule has 2 N–H and O–H groups in total. The van der Waals surface area contributed by atoms with Gasteiger partial charge >= 0.3 is 5.97 Å². The number of rotatable bonds is 4. The van der Waals surface area contributed by atoms with Crippen molar-refractivity contribution in [3.63, 3.8) is 0 Å². The van der Waals surface area contributed by atoms with E-state index >= 15 is 0 Å². The maximum atomic E-state index is 11.7. The maximum Gasteiger partial charge on any atom is 0.371 e. The standard InChI is InChI=1S/C8H6N2O5S2/c11-7(12)5-1-2-6(15-5)17(13,14)10-8-9-3-4-16-8/h1-4H,(H,9,10)(H,11,12). The largest absolute Gasteiger partial charge is 0.475 e. The minimum atomic E-state index is -3.93. The molecule has 0 saturated heterocycles. The van der Waals surface area contributed by atoms with Crippen molar-refractivity contribution < 1.29 is 22.7 Å². The van der Waals surface area contributed by atoms with Crippen molar-refractivity contribution >= 4 is 32.5 Å². The van der Waals surface area contributed by atoms with Gasteiger partial charge in [0.1, 0.15) is 0 Å². The molecule has 0 aliphatic rings. The van der Waals surface area contributed by atoms with Crippen molar-refractivity contribution in [3.8, 4) is 0 Å². The second-order valence-corrected chi connectivity index (χ2v) is 5.37. The first-order valence-electron chi connectivity index (χ1n) is 4.24. The zero-order valence-electron chi connectivity index (χ0n) is 8.15. The van der Waals surface area contributed by atoms with E-state index in [2.05, 4.69) is 14.1 Å². The van der Waals surface area contributed by atoms with Crippen LogP contribution in [-0.4, -0.2) is 24.5 Å². The molecule has 2 heterocycles. The van der Waals surface area contributed by atoms with E-state index in [1.165, 1.54) is 6.20 Å². The molecule has 0 atom stereocenters. The number of hydrogen-bond acceptors (Lipinski definition) is 6. The van der Waals surface area contributed by atoms with Gasteiger partial charge in [-0.15, -0.1) is 11.3 Å². The van der Waals surface area contributed by atoms with E-state index in [1.54, 1.807) is 5.38 Å². The Balaban J connectivity index is 2.28. The van der Waals surface area contributed by atoms with Crippen LogP contribution >= 0.6 is 11.3 Å². The number of thiazole rings is 1. The molecule has 7 nitrogen and oxygen atoms in total. The quantitative estimate of drug-likeness (QED) is 0.867. The van der Waals surface area contributed by atoms with Gasteiger partial charge in [-0.1, -0.05) is 0 Å². The molecule has 0 spiro atoms. The van der Waals surface area contributed by atoms with Gasteiger partial charge in [-0.3, -0.25) is 4.72 Å². The summed E-state index contributed by atoms with van der Waals surface area (Å²) in [4.78, 5) is 14.3. The third-order valence-electron chi connectivity index (χ3n) is 1.71. The summed E-state index contributed by atoms with van der Waals surface area (Å²) in [5, 5.41) is 9.91. The number of carboxylic acid groups (broad SMARTS) is 1. The van der Waals surface area contributed by atoms with Gasteiger partial charge in [-0.2, -0.15) is 8.42 Å². The number of sulfonamides is 1. The van der Waals surface area contributed by atoms with Gasteiger partial charge in [0, 0.05) is 11.6 Å². The van der Waals surface area contributed by atoms with Crippen LogP contribution in [0.2, 0.25) is 0 Å². The molecule has 0 fully saturated rings. The lowest BCUT2D eigenvalue weighted by molar-refractivity contribution is 0.0656. The van der Waals surface area contributed by atoms with Crippen LogP contribution in [0.25, 0.3) is 0 Å². The number of hydrogen-bond donors (Lipinski definition) is 2. The fraction of sp³-hybridized carbons (Fsp3) is 0. The zero-order chi connectivity index (χ0) is 12.5. The average molecular weight is 274 g/mol. The first kappa shape index (κ1) is 11.6. The predicted molar refractivity (Wildman–Crippen MR) is 58.6 cm³/mol. The summed E-state index contributed by atoms with van der Waals surface area (Å²) in [6.45, 7) is 0. The van der Waals surface area contributed by atoms with E-state index in [-0.39, 0.29) is 5.13 Å². The predicted octanol–water partition coefficient (Wildman–Crippen LogP) is 1.24. The number of nitrogens with zero attached hydrogens (tertiary/aromatic N) is 1. The second-order valence-electron chi connectivity index (χ2n) is 2.87. The molecule has 0 aromatic carbocycles. The third kappa shape index (κ3) is 2.45. The number of aromatic carboxylic acids is 1. The molecular formula is C8H6N2O5S2. The Kier molecular flexibility index (Phi) is 2.86. The van der Waals surface area contributed by atoms with E-state index in [0.29, 0.717) is 0 Å². The summed E-state index contributed by atoms with van der Waals surface area (Å²) in [5.74, 6) is -1.77. The van der Waals surface area contributed by atoms with Gasteiger partial charge in [-0.25, -0.2) is 9.78 Å². The fourth-order valence-electron chi connectivity index (χ4n) is 1.02. The van der Waals surface area contributed by atoms with E-state index < -0.39 is 26.8 Å². The number of aromatic nitrogens is 1. The minimum Gasteiger partial charge on any atom is -0.475 e. The molecule has 2 rings (SSSR count). The highest BCUT2D eigenvalue weighted by molar-refractivity contribution is 7.92. The van der Waals surface area contributed by atoms with Crippen LogP contribution < -0.4 is 4.72 Å². The molecule has 0 radical (unpaired) electrons. The van der Waals surface area contributed by atoms with Gasteiger partial charge in [0.05, 0.1) is 0 Å². The minimum absolute atomic E-state index is 0.179. The van der Waals surface area contributed by atoms with Crippen molar-refractivity contribution in [2.24, 2.45) is 0 Å². The summed E-state index contributed by atoms with van der Waals surface area (Å²) in [7, 11) is -3.93. The molecule has 0 unspecified atom stereocenters. The number of anilines is 1.